The standard InChI is InChI=1S/C51H33N3S/c1-3-10-34(11-4-1)36-18-22-38(23-19-36)40-26-30-42(31-27-40)49-52-50(54-51(53-49)46-16-9-15-45-44-14-7-8-17-47(44)55-48(45)46)43-32-28-41(29-33-43)39-24-20-37(21-25-39)35-12-5-2-6-13-35/h1-33H. The molecule has 258 valence electrons. The molecule has 0 bridgehead atoms. The van der Waals surface area contributed by atoms with Crippen LogP contribution in [0.3, 0.4) is 0 Å². The summed E-state index contributed by atoms with van der Waals surface area (Å²) in [6.45, 7) is 0. The average Bonchev–Trinajstić information content (AvgIpc) is 3.66. The van der Waals surface area contributed by atoms with E-state index in [0.717, 1.165) is 38.9 Å². The van der Waals surface area contributed by atoms with E-state index in [9.17, 15) is 0 Å². The largest absolute Gasteiger partial charge is 0.208 e. The maximum absolute atomic E-state index is 5.15. The number of aromatic nitrogens is 3. The van der Waals surface area contributed by atoms with Gasteiger partial charge in [-0.15, -0.1) is 11.3 Å². The van der Waals surface area contributed by atoms with Crippen molar-refractivity contribution in [2.75, 3.05) is 0 Å². The molecule has 0 saturated carbocycles. The first-order valence-corrected chi connectivity index (χ1v) is 19.2. The molecular weight excluding hydrogens is 687 g/mol. The monoisotopic (exact) mass is 719 g/mol. The number of nitrogens with zero attached hydrogens (tertiary/aromatic N) is 3. The van der Waals surface area contributed by atoms with Crippen molar-refractivity contribution in [3.63, 3.8) is 0 Å². The second-order valence-corrected chi connectivity index (χ2v) is 14.7. The first-order valence-electron chi connectivity index (χ1n) is 18.4. The van der Waals surface area contributed by atoms with E-state index in [-0.39, 0.29) is 0 Å². The molecule has 0 spiro atoms. The molecule has 10 rings (SSSR count). The van der Waals surface area contributed by atoms with Crippen molar-refractivity contribution in [1.82, 2.24) is 15.0 Å². The lowest BCUT2D eigenvalue weighted by molar-refractivity contribution is 1.08. The van der Waals surface area contributed by atoms with Gasteiger partial charge >= 0.3 is 0 Å². The molecule has 55 heavy (non-hydrogen) atoms. The lowest BCUT2D eigenvalue weighted by atomic mass is 9.99. The fraction of sp³-hybridized carbons (Fsp3) is 0. The molecular formula is C51H33N3S. The highest BCUT2D eigenvalue weighted by molar-refractivity contribution is 7.26. The molecule has 10 aromatic rings. The van der Waals surface area contributed by atoms with E-state index in [2.05, 4.69) is 188 Å². The summed E-state index contributed by atoms with van der Waals surface area (Å²) in [5.74, 6) is 1.95. The Morgan fingerprint density at radius 1 is 0.255 bits per heavy atom. The minimum absolute atomic E-state index is 0.643. The van der Waals surface area contributed by atoms with Gasteiger partial charge < -0.3 is 0 Å². The van der Waals surface area contributed by atoms with Crippen molar-refractivity contribution in [2.45, 2.75) is 0 Å². The average molecular weight is 720 g/mol. The van der Waals surface area contributed by atoms with E-state index in [4.69, 9.17) is 15.0 Å². The molecule has 2 heterocycles. The minimum Gasteiger partial charge on any atom is -0.208 e. The van der Waals surface area contributed by atoms with Crippen LogP contribution in [0.2, 0.25) is 0 Å². The number of fused-ring (bicyclic) bond motifs is 3. The Morgan fingerprint density at radius 2 is 0.600 bits per heavy atom. The normalized spacial score (nSPS) is 11.3. The lowest BCUT2D eigenvalue weighted by Crippen LogP contribution is -2.00. The van der Waals surface area contributed by atoms with Crippen LogP contribution in [-0.4, -0.2) is 15.0 Å². The zero-order chi connectivity index (χ0) is 36.6. The second-order valence-electron chi connectivity index (χ2n) is 13.6. The number of rotatable bonds is 7. The molecule has 3 nitrogen and oxygen atoms in total. The summed E-state index contributed by atoms with van der Waals surface area (Å²) in [4.78, 5) is 15.4. The quantitative estimate of drug-likeness (QED) is 0.165. The number of thiophene rings is 1. The van der Waals surface area contributed by atoms with Crippen molar-refractivity contribution in [1.29, 1.82) is 0 Å². The summed E-state index contributed by atoms with van der Waals surface area (Å²) in [7, 11) is 0. The van der Waals surface area contributed by atoms with Crippen LogP contribution < -0.4 is 0 Å². The van der Waals surface area contributed by atoms with Gasteiger partial charge in [0, 0.05) is 36.9 Å². The first-order chi connectivity index (χ1) is 27.2. The lowest BCUT2D eigenvalue weighted by Gasteiger charge is -2.11. The zero-order valence-corrected chi connectivity index (χ0v) is 30.6. The Kier molecular flexibility index (Phi) is 8.36. The molecule has 0 aliphatic heterocycles. The Morgan fingerprint density at radius 3 is 1.05 bits per heavy atom. The van der Waals surface area contributed by atoms with Crippen LogP contribution in [0.4, 0.5) is 0 Å². The summed E-state index contributed by atoms with van der Waals surface area (Å²) >= 11 is 1.78. The topological polar surface area (TPSA) is 38.7 Å². The molecule has 0 aliphatic carbocycles. The predicted molar refractivity (Wildman–Crippen MR) is 231 cm³/mol. The maximum atomic E-state index is 5.15. The fourth-order valence-electron chi connectivity index (χ4n) is 7.27. The molecule has 0 fully saturated rings. The van der Waals surface area contributed by atoms with Gasteiger partial charge in [-0.25, -0.2) is 15.0 Å². The maximum Gasteiger partial charge on any atom is 0.165 e. The molecule has 0 unspecified atom stereocenters. The van der Waals surface area contributed by atoms with Gasteiger partial charge in [-0.05, 0) is 56.6 Å². The predicted octanol–water partition coefficient (Wildman–Crippen LogP) is 13.9. The van der Waals surface area contributed by atoms with Gasteiger partial charge in [-0.3, -0.25) is 0 Å². The summed E-state index contributed by atoms with van der Waals surface area (Å²) in [5, 5.41) is 2.46. The van der Waals surface area contributed by atoms with Crippen LogP contribution in [0.1, 0.15) is 0 Å². The SMILES string of the molecule is c1ccc(-c2ccc(-c3ccc(-c4nc(-c5ccc(-c6ccc(-c7ccccc7)cc6)cc5)nc(-c5cccc6c5sc5ccccc56)n4)cc3)cc2)cc1. The van der Waals surface area contributed by atoms with E-state index in [1.165, 1.54) is 42.4 Å². The van der Waals surface area contributed by atoms with Crippen molar-refractivity contribution in [3.05, 3.63) is 200 Å². The third kappa shape index (κ3) is 6.39. The molecule has 0 amide bonds. The van der Waals surface area contributed by atoms with Crippen LogP contribution in [0.25, 0.3) is 98.8 Å². The van der Waals surface area contributed by atoms with Gasteiger partial charge in [-0.1, -0.05) is 188 Å². The van der Waals surface area contributed by atoms with E-state index in [0.29, 0.717) is 17.5 Å². The van der Waals surface area contributed by atoms with Crippen molar-refractivity contribution >= 4 is 31.5 Å². The third-order valence-electron chi connectivity index (χ3n) is 10.2. The fourth-order valence-corrected chi connectivity index (χ4v) is 8.48. The summed E-state index contributed by atoms with van der Waals surface area (Å²) in [6.07, 6.45) is 0. The van der Waals surface area contributed by atoms with E-state index >= 15 is 0 Å². The summed E-state index contributed by atoms with van der Waals surface area (Å²) in [5.41, 5.74) is 12.3. The zero-order valence-electron chi connectivity index (χ0n) is 29.8. The van der Waals surface area contributed by atoms with Crippen molar-refractivity contribution in [2.24, 2.45) is 0 Å². The third-order valence-corrected chi connectivity index (χ3v) is 11.4. The molecule has 0 atom stereocenters. The van der Waals surface area contributed by atoms with E-state index in [1.54, 1.807) is 11.3 Å². The van der Waals surface area contributed by atoms with Gasteiger partial charge in [0.15, 0.2) is 17.5 Å². The van der Waals surface area contributed by atoms with Gasteiger partial charge in [0.2, 0.25) is 0 Å². The Labute approximate surface area is 323 Å². The van der Waals surface area contributed by atoms with Gasteiger partial charge in [0.25, 0.3) is 0 Å². The van der Waals surface area contributed by atoms with Gasteiger partial charge in [0.1, 0.15) is 0 Å². The Hall–Kier alpha value is -7.01. The minimum atomic E-state index is 0.643. The molecule has 4 heteroatoms. The first kappa shape index (κ1) is 32.6. The van der Waals surface area contributed by atoms with Crippen LogP contribution in [-0.2, 0) is 0 Å². The molecule has 0 saturated heterocycles. The summed E-state index contributed by atoms with van der Waals surface area (Å²) in [6, 6.07) is 70.5. The highest BCUT2D eigenvalue weighted by atomic mass is 32.1. The molecule has 0 aliphatic rings. The Balaban J connectivity index is 1.02. The number of hydrogen-bond acceptors (Lipinski definition) is 4. The highest BCUT2D eigenvalue weighted by Crippen LogP contribution is 2.40. The van der Waals surface area contributed by atoms with Crippen molar-refractivity contribution < 1.29 is 0 Å². The van der Waals surface area contributed by atoms with Gasteiger partial charge in [-0.2, -0.15) is 0 Å². The molecule has 8 aromatic carbocycles. The summed E-state index contributed by atoms with van der Waals surface area (Å²) < 4.78 is 2.43. The van der Waals surface area contributed by atoms with Crippen LogP contribution in [0.15, 0.2) is 200 Å². The number of hydrogen-bond donors (Lipinski definition) is 0. The van der Waals surface area contributed by atoms with Gasteiger partial charge in [0.05, 0.1) is 0 Å². The second kappa shape index (κ2) is 14.1. The number of benzene rings is 8. The highest BCUT2D eigenvalue weighted by Gasteiger charge is 2.17. The Bertz CT molecular complexity index is 2770. The van der Waals surface area contributed by atoms with E-state index in [1.807, 2.05) is 12.1 Å². The van der Waals surface area contributed by atoms with E-state index < -0.39 is 0 Å². The molecule has 0 N–H and O–H groups in total. The molecule has 0 radical (unpaired) electrons. The van der Waals surface area contributed by atoms with Crippen molar-refractivity contribution in [3.8, 4) is 78.7 Å². The van der Waals surface area contributed by atoms with Crippen LogP contribution in [0.5, 0.6) is 0 Å². The van der Waals surface area contributed by atoms with Crippen LogP contribution in [0, 0.1) is 0 Å². The van der Waals surface area contributed by atoms with Crippen LogP contribution >= 0.6 is 11.3 Å². The molecule has 2 aromatic heterocycles. The smallest absolute Gasteiger partial charge is 0.165 e.